The van der Waals surface area contributed by atoms with Crippen molar-refractivity contribution < 1.29 is 19.4 Å². The topological polar surface area (TPSA) is 63.6 Å². The SMILES string of the molecule is CC1=C(O)C(C)(C)C(=O)C2=C1O[C@H](c1ccccc1)CC2=O. The highest BCUT2D eigenvalue weighted by Gasteiger charge is 2.47. The molecule has 1 aliphatic carbocycles. The van der Waals surface area contributed by atoms with Crippen LogP contribution in [0.15, 0.2) is 53.0 Å². The molecule has 0 amide bonds. The van der Waals surface area contributed by atoms with Gasteiger partial charge >= 0.3 is 0 Å². The van der Waals surface area contributed by atoms with Crippen LogP contribution in [0.2, 0.25) is 0 Å². The van der Waals surface area contributed by atoms with E-state index in [9.17, 15) is 14.7 Å². The van der Waals surface area contributed by atoms with Gasteiger partial charge < -0.3 is 9.84 Å². The summed E-state index contributed by atoms with van der Waals surface area (Å²) < 4.78 is 5.91. The number of hydrogen-bond donors (Lipinski definition) is 1. The predicted molar refractivity (Wildman–Crippen MR) is 81.0 cm³/mol. The Bertz CT molecular complexity index is 723. The average Bonchev–Trinajstić information content (AvgIpc) is 2.51. The molecule has 0 bridgehead atoms. The van der Waals surface area contributed by atoms with Crippen molar-refractivity contribution in [2.45, 2.75) is 33.3 Å². The van der Waals surface area contributed by atoms with Crippen molar-refractivity contribution >= 4 is 11.6 Å². The molecule has 0 radical (unpaired) electrons. The molecule has 1 aliphatic heterocycles. The lowest BCUT2D eigenvalue weighted by atomic mass is 9.73. The quantitative estimate of drug-likeness (QED) is 0.807. The number of ketones is 2. The minimum absolute atomic E-state index is 0.0299. The third-order valence-electron chi connectivity index (χ3n) is 4.39. The summed E-state index contributed by atoms with van der Waals surface area (Å²) in [4.78, 5) is 25.0. The predicted octanol–water partition coefficient (Wildman–Crippen LogP) is 3.41. The second-order valence-electron chi connectivity index (χ2n) is 6.28. The number of aliphatic hydroxyl groups excluding tert-OH is 1. The summed E-state index contributed by atoms with van der Waals surface area (Å²) in [7, 11) is 0. The number of carbonyl (C=O) groups is 2. The maximum absolute atomic E-state index is 12.5. The molecule has 1 N–H and O–H groups in total. The lowest BCUT2D eigenvalue weighted by molar-refractivity contribution is -0.129. The van der Waals surface area contributed by atoms with Gasteiger partial charge in [0.2, 0.25) is 0 Å². The van der Waals surface area contributed by atoms with Gasteiger partial charge in [-0.2, -0.15) is 0 Å². The van der Waals surface area contributed by atoms with Crippen molar-refractivity contribution in [2.75, 3.05) is 0 Å². The lowest BCUT2D eigenvalue weighted by Gasteiger charge is -2.36. The standard InChI is InChI=1S/C18H18O4/c1-10-15-14(17(21)18(2,3)16(10)20)12(19)9-13(22-15)11-7-5-4-6-8-11/h4-8,13,20H,9H2,1-3H3/t13-/m0/s1. The molecule has 3 rings (SSSR count). The van der Waals surface area contributed by atoms with Crippen LogP contribution in [0.25, 0.3) is 0 Å². The first kappa shape index (κ1) is 14.6. The highest BCUT2D eigenvalue weighted by molar-refractivity contribution is 6.24. The molecule has 4 heteroatoms. The van der Waals surface area contributed by atoms with E-state index in [1.54, 1.807) is 20.8 Å². The Hall–Kier alpha value is -2.36. The van der Waals surface area contributed by atoms with Gasteiger partial charge in [-0.05, 0) is 26.3 Å². The molecule has 1 atom stereocenters. The van der Waals surface area contributed by atoms with Gasteiger partial charge in [0.25, 0.3) is 0 Å². The Morgan fingerprint density at radius 2 is 1.82 bits per heavy atom. The number of ether oxygens (including phenoxy) is 1. The van der Waals surface area contributed by atoms with Crippen LogP contribution < -0.4 is 0 Å². The fraction of sp³-hybridized carbons (Fsp3) is 0.333. The van der Waals surface area contributed by atoms with Crippen molar-refractivity contribution in [1.29, 1.82) is 0 Å². The zero-order valence-corrected chi connectivity index (χ0v) is 12.8. The molecular weight excluding hydrogens is 280 g/mol. The lowest BCUT2D eigenvalue weighted by Crippen LogP contribution is -2.39. The summed E-state index contributed by atoms with van der Waals surface area (Å²) in [6, 6.07) is 9.42. The van der Waals surface area contributed by atoms with Gasteiger partial charge in [0.15, 0.2) is 11.6 Å². The number of benzene rings is 1. The van der Waals surface area contributed by atoms with E-state index >= 15 is 0 Å². The molecule has 0 unspecified atom stereocenters. The highest BCUT2D eigenvalue weighted by atomic mass is 16.5. The minimum atomic E-state index is -1.08. The van der Waals surface area contributed by atoms with Gasteiger partial charge in [-0.1, -0.05) is 30.3 Å². The van der Waals surface area contributed by atoms with Crippen LogP contribution in [-0.2, 0) is 14.3 Å². The molecule has 22 heavy (non-hydrogen) atoms. The van der Waals surface area contributed by atoms with Gasteiger partial charge in [-0.25, -0.2) is 0 Å². The van der Waals surface area contributed by atoms with E-state index < -0.39 is 11.5 Å². The van der Waals surface area contributed by atoms with E-state index in [1.165, 1.54) is 0 Å². The Balaban J connectivity index is 2.08. The van der Waals surface area contributed by atoms with E-state index in [1.807, 2.05) is 30.3 Å². The van der Waals surface area contributed by atoms with Crippen molar-refractivity contribution in [3.63, 3.8) is 0 Å². The highest BCUT2D eigenvalue weighted by Crippen LogP contribution is 2.44. The van der Waals surface area contributed by atoms with E-state index in [0.29, 0.717) is 5.57 Å². The van der Waals surface area contributed by atoms with Crippen molar-refractivity contribution in [2.24, 2.45) is 5.41 Å². The Kier molecular flexibility index (Phi) is 3.20. The van der Waals surface area contributed by atoms with Gasteiger partial charge in [-0.15, -0.1) is 0 Å². The average molecular weight is 298 g/mol. The maximum Gasteiger partial charge on any atom is 0.183 e. The third kappa shape index (κ3) is 1.98. The Labute approximate surface area is 129 Å². The van der Waals surface area contributed by atoms with E-state index in [2.05, 4.69) is 0 Å². The largest absolute Gasteiger partial charge is 0.511 e. The second-order valence-corrected chi connectivity index (χ2v) is 6.28. The molecule has 0 spiro atoms. The summed E-state index contributed by atoms with van der Waals surface area (Å²) in [5.74, 6) is -0.396. The van der Waals surface area contributed by atoms with Crippen LogP contribution in [0.1, 0.15) is 38.9 Å². The van der Waals surface area contributed by atoms with Gasteiger partial charge in [0.1, 0.15) is 23.2 Å². The Morgan fingerprint density at radius 1 is 1.18 bits per heavy atom. The molecule has 0 aromatic heterocycles. The summed E-state index contributed by atoms with van der Waals surface area (Å²) in [5.41, 5.74) is 0.356. The molecule has 0 saturated carbocycles. The van der Waals surface area contributed by atoms with Crippen molar-refractivity contribution in [3.8, 4) is 0 Å². The second kappa shape index (κ2) is 4.83. The van der Waals surface area contributed by atoms with Gasteiger partial charge in [-0.3, -0.25) is 9.59 Å². The normalized spacial score (nSPS) is 24.2. The molecule has 4 nitrogen and oxygen atoms in total. The molecule has 1 aromatic carbocycles. The zero-order valence-electron chi connectivity index (χ0n) is 12.8. The molecule has 2 aliphatic rings. The number of aliphatic hydroxyl groups is 1. The molecule has 114 valence electrons. The number of allylic oxidation sites excluding steroid dienone is 3. The maximum atomic E-state index is 12.5. The van der Waals surface area contributed by atoms with Crippen LogP contribution in [0.4, 0.5) is 0 Å². The van der Waals surface area contributed by atoms with E-state index in [-0.39, 0.29) is 35.1 Å². The summed E-state index contributed by atoms with van der Waals surface area (Å²) in [5, 5.41) is 10.3. The van der Waals surface area contributed by atoms with E-state index in [0.717, 1.165) is 5.56 Å². The molecule has 1 heterocycles. The van der Waals surface area contributed by atoms with Crippen LogP contribution in [0.5, 0.6) is 0 Å². The molecule has 0 saturated heterocycles. The van der Waals surface area contributed by atoms with E-state index in [4.69, 9.17) is 4.74 Å². The van der Waals surface area contributed by atoms with Crippen molar-refractivity contribution in [3.05, 3.63) is 58.6 Å². The summed E-state index contributed by atoms with van der Waals surface area (Å²) >= 11 is 0. The number of carbonyl (C=O) groups excluding carboxylic acids is 2. The first-order chi connectivity index (χ1) is 10.3. The van der Waals surface area contributed by atoms with Crippen LogP contribution in [0, 0.1) is 5.41 Å². The summed E-state index contributed by atoms with van der Waals surface area (Å²) in [6.45, 7) is 4.92. The number of Topliss-reactive ketones (excluding diaryl/α,β-unsaturated/α-hetero) is 2. The number of rotatable bonds is 1. The van der Waals surface area contributed by atoms with Gasteiger partial charge in [0.05, 0.1) is 11.8 Å². The first-order valence-corrected chi connectivity index (χ1v) is 7.28. The Morgan fingerprint density at radius 3 is 2.45 bits per heavy atom. The van der Waals surface area contributed by atoms with Crippen LogP contribution >= 0.6 is 0 Å². The smallest absolute Gasteiger partial charge is 0.183 e. The summed E-state index contributed by atoms with van der Waals surface area (Å²) in [6.07, 6.45) is -0.289. The monoisotopic (exact) mass is 298 g/mol. The third-order valence-corrected chi connectivity index (χ3v) is 4.39. The fourth-order valence-corrected chi connectivity index (χ4v) is 3.00. The zero-order chi connectivity index (χ0) is 16.1. The first-order valence-electron chi connectivity index (χ1n) is 7.28. The molecule has 0 fully saturated rings. The minimum Gasteiger partial charge on any atom is -0.511 e. The van der Waals surface area contributed by atoms with Crippen molar-refractivity contribution in [1.82, 2.24) is 0 Å². The fourth-order valence-electron chi connectivity index (χ4n) is 3.00. The van der Waals surface area contributed by atoms with Gasteiger partial charge in [0, 0.05) is 5.57 Å². The molecule has 1 aromatic rings. The van der Waals surface area contributed by atoms with Crippen LogP contribution in [0.3, 0.4) is 0 Å². The van der Waals surface area contributed by atoms with Crippen LogP contribution in [-0.4, -0.2) is 16.7 Å². The number of hydrogen-bond acceptors (Lipinski definition) is 4. The molecular formula is C18H18O4.